The zero-order valence-corrected chi connectivity index (χ0v) is 13.6. The SMILES string of the molecule is CCc1nnc(NC(=O)[C@H](C)Sc2ccc([N+](=O)[O-])cc2)s1. The van der Waals surface area contributed by atoms with Crippen molar-refractivity contribution in [1.29, 1.82) is 0 Å². The Kier molecular flexibility index (Phi) is 5.45. The average Bonchev–Trinajstić information content (AvgIpc) is 2.95. The molecule has 1 amide bonds. The first-order valence-corrected chi connectivity index (χ1v) is 8.23. The number of anilines is 1. The van der Waals surface area contributed by atoms with Gasteiger partial charge in [0.1, 0.15) is 5.01 Å². The number of hydrogen-bond acceptors (Lipinski definition) is 7. The molecule has 0 radical (unpaired) electrons. The van der Waals surface area contributed by atoms with Gasteiger partial charge in [-0.1, -0.05) is 18.3 Å². The van der Waals surface area contributed by atoms with Gasteiger partial charge in [0.25, 0.3) is 5.69 Å². The Hall–Kier alpha value is -2.00. The van der Waals surface area contributed by atoms with Gasteiger partial charge in [0, 0.05) is 17.0 Å². The maximum atomic E-state index is 12.1. The van der Waals surface area contributed by atoms with E-state index in [1.54, 1.807) is 19.1 Å². The summed E-state index contributed by atoms with van der Waals surface area (Å²) in [6, 6.07) is 6.11. The molecule has 0 saturated carbocycles. The van der Waals surface area contributed by atoms with Crippen molar-refractivity contribution in [3.63, 3.8) is 0 Å². The van der Waals surface area contributed by atoms with Gasteiger partial charge in [-0.3, -0.25) is 20.2 Å². The van der Waals surface area contributed by atoms with Crippen LogP contribution in [-0.2, 0) is 11.2 Å². The fourth-order valence-corrected chi connectivity index (χ4v) is 3.11. The molecular formula is C13H14N4O3S2. The minimum atomic E-state index is -0.453. The first-order chi connectivity index (χ1) is 10.5. The van der Waals surface area contributed by atoms with Gasteiger partial charge in [-0.2, -0.15) is 0 Å². The molecule has 1 atom stereocenters. The molecule has 1 N–H and O–H groups in total. The van der Waals surface area contributed by atoms with Crippen molar-refractivity contribution < 1.29 is 9.72 Å². The molecule has 0 aliphatic heterocycles. The molecule has 0 spiro atoms. The van der Waals surface area contributed by atoms with E-state index in [2.05, 4.69) is 15.5 Å². The summed E-state index contributed by atoms with van der Waals surface area (Å²) in [5, 5.41) is 22.2. The van der Waals surface area contributed by atoms with Crippen LogP contribution < -0.4 is 5.32 Å². The third kappa shape index (κ3) is 4.25. The summed E-state index contributed by atoms with van der Waals surface area (Å²) in [5.41, 5.74) is 0.0300. The lowest BCUT2D eigenvalue weighted by Crippen LogP contribution is -2.22. The zero-order valence-electron chi connectivity index (χ0n) is 12.0. The maximum Gasteiger partial charge on any atom is 0.269 e. The molecule has 0 unspecified atom stereocenters. The van der Waals surface area contributed by atoms with Crippen LogP contribution in [0.25, 0.3) is 0 Å². The van der Waals surface area contributed by atoms with E-state index in [0.29, 0.717) is 5.13 Å². The van der Waals surface area contributed by atoms with Crippen molar-refractivity contribution in [3.05, 3.63) is 39.4 Å². The summed E-state index contributed by atoms with van der Waals surface area (Å²) in [4.78, 5) is 23.0. The highest BCUT2D eigenvalue weighted by molar-refractivity contribution is 8.00. The molecule has 22 heavy (non-hydrogen) atoms. The van der Waals surface area contributed by atoms with Crippen molar-refractivity contribution in [2.24, 2.45) is 0 Å². The number of carbonyl (C=O) groups excluding carboxylic acids is 1. The molecule has 0 fully saturated rings. The first kappa shape index (κ1) is 16.4. The summed E-state index contributed by atoms with van der Waals surface area (Å²) in [6.07, 6.45) is 0.778. The van der Waals surface area contributed by atoms with Crippen molar-refractivity contribution in [2.75, 3.05) is 5.32 Å². The maximum absolute atomic E-state index is 12.1. The van der Waals surface area contributed by atoms with Crippen LogP contribution >= 0.6 is 23.1 Å². The Morgan fingerprint density at radius 1 is 1.41 bits per heavy atom. The van der Waals surface area contributed by atoms with Crippen molar-refractivity contribution >= 4 is 39.8 Å². The number of thioether (sulfide) groups is 1. The van der Waals surface area contributed by atoms with Crippen molar-refractivity contribution in [3.8, 4) is 0 Å². The molecule has 116 valence electrons. The Bertz CT molecular complexity index is 672. The highest BCUT2D eigenvalue weighted by atomic mass is 32.2. The number of amides is 1. The quantitative estimate of drug-likeness (QED) is 0.493. The molecule has 1 aromatic heterocycles. The molecule has 9 heteroatoms. The number of nitro groups is 1. The number of nitrogens with zero attached hydrogens (tertiary/aromatic N) is 3. The second-order valence-corrected chi connectivity index (χ2v) is 6.83. The molecule has 0 aliphatic carbocycles. The number of aryl methyl sites for hydroxylation is 1. The molecule has 2 rings (SSSR count). The monoisotopic (exact) mass is 338 g/mol. The summed E-state index contributed by atoms with van der Waals surface area (Å²) in [7, 11) is 0. The molecule has 1 heterocycles. The van der Waals surface area contributed by atoms with Gasteiger partial charge in [-0.05, 0) is 25.5 Å². The second-order valence-electron chi connectivity index (χ2n) is 4.35. The Morgan fingerprint density at radius 2 is 2.09 bits per heavy atom. The number of hydrogen-bond donors (Lipinski definition) is 1. The second kappa shape index (κ2) is 7.32. The normalized spacial score (nSPS) is 11.9. The van der Waals surface area contributed by atoms with E-state index in [9.17, 15) is 14.9 Å². The van der Waals surface area contributed by atoms with Crippen LogP contribution in [-0.4, -0.2) is 26.3 Å². The molecule has 1 aromatic carbocycles. The number of nitrogens with one attached hydrogen (secondary N) is 1. The van der Waals surface area contributed by atoms with Gasteiger partial charge < -0.3 is 0 Å². The van der Waals surface area contributed by atoms with Gasteiger partial charge in [-0.25, -0.2) is 0 Å². The van der Waals surface area contributed by atoms with E-state index in [1.165, 1.54) is 35.2 Å². The standard InChI is InChI=1S/C13H14N4O3S2/c1-3-11-15-16-13(22-11)14-12(18)8(2)21-10-6-4-9(5-7-10)17(19)20/h4-8H,3H2,1-2H3,(H,14,16,18)/t8-/m0/s1. The van der Waals surface area contributed by atoms with Gasteiger partial charge in [0.2, 0.25) is 11.0 Å². The van der Waals surface area contributed by atoms with Crippen LogP contribution in [0, 0.1) is 10.1 Å². The van der Waals surface area contributed by atoms with E-state index < -0.39 is 4.92 Å². The lowest BCUT2D eigenvalue weighted by atomic mass is 10.3. The zero-order chi connectivity index (χ0) is 16.1. The highest BCUT2D eigenvalue weighted by Crippen LogP contribution is 2.26. The van der Waals surface area contributed by atoms with Crippen molar-refractivity contribution in [2.45, 2.75) is 30.4 Å². The third-order valence-electron chi connectivity index (χ3n) is 2.73. The Morgan fingerprint density at radius 3 is 2.64 bits per heavy atom. The third-order valence-corrected chi connectivity index (χ3v) is 4.82. The number of benzene rings is 1. The molecular weight excluding hydrogens is 324 g/mol. The van der Waals surface area contributed by atoms with Crippen LogP contribution in [0.1, 0.15) is 18.9 Å². The van der Waals surface area contributed by atoms with E-state index in [0.717, 1.165) is 16.3 Å². The fraction of sp³-hybridized carbons (Fsp3) is 0.308. The molecule has 0 bridgehead atoms. The van der Waals surface area contributed by atoms with Crippen LogP contribution in [0.3, 0.4) is 0 Å². The Balaban J connectivity index is 1.94. The lowest BCUT2D eigenvalue weighted by Gasteiger charge is -2.09. The number of aromatic nitrogens is 2. The smallest absolute Gasteiger partial charge is 0.269 e. The predicted octanol–water partition coefficient (Wildman–Crippen LogP) is 3.13. The summed E-state index contributed by atoms with van der Waals surface area (Å²) in [6.45, 7) is 3.74. The van der Waals surface area contributed by atoms with Gasteiger partial charge in [-0.15, -0.1) is 22.0 Å². The van der Waals surface area contributed by atoms with E-state index in [4.69, 9.17) is 0 Å². The minimum Gasteiger partial charge on any atom is -0.300 e. The van der Waals surface area contributed by atoms with Gasteiger partial charge in [0.15, 0.2) is 0 Å². The number of carbonyl (C=O) groups is 1. The van der Waals surface area contributed by atoms with Crippen LogP contribution in [0.15, 0.2) is 29.2 Å². The Labute approximate surface area is 135 Å². The lowest BCUT2D eigenvalue weighted by molar-refractivity contribution is -0.384. The van der Waals surface area contributed by atoms with Crippen LogP contribution in [0.4, 0.5) is 10.8 Å². The molecule has 2 aromatic rings. The molecule has 7 nitrogen and oxygen atoms in total. The first-order valence-electron chi connectivity index (χ1n) is 6.54. The number of nitro benzene ring substituents is 1. The van der Waals surface area contributed by atoms with Crippen LogP contribution in [0.2, 0.25) is 0 Å². The largest absolute Gasteiger partial charge is 0.300 e. The molecule has 0 saturated heterocycles. The van der Waals surface area contributed by atoms with E-state index in [-0.39, 0.29) is 16.8 Å². The summed E-state index contributed by atoms with van der Waals surface area (Å²) < 4.78 is 0. The fourth-order valence-electron chi connectivity index (χ4n) is 1.56. The summed E-state index contributed by atoms with van der Waals surface area (Å²) >= 11 is 2.68. The van der Waals surface area contributed by atoms with Crippen LogP contribution in [0.5, 0.6) is 0 Å². The molecule has 0 aliphatic rings. The van der Waals surface area contributed by atoms with Gasteiger partial charge >= 0.3 is 0 Å². The minimum absolute atomic E-state index is 0.0300. The number of rotatable bonds is 6. The van der Waals surface area contributed by atoms with E-state index >= 15 is 0 Å². The van der Waals surface area contributed by atoms with Gasteiger partial charge in [0.05, 0.1) is 10.2 Å². The van der Waals surface area contributed by atoms with Crippen molar-refractivity contribution in [1.82, 2.24) is 10.2 Å². The van der Waals surface area contributed by atoms with E-state index in [1.807, 2.05) is 6.92 Å². The number of non-ortho nitro benzene ring substituents is 1. The topological polar surface area (TPSA) is 98.0 Å². The predicted molar refractivity (Wildman–Crippen MR) is 86.3 cm³/mol. The average molecular weight is 338 g/mol. The summed E-state index contributed by atoms with van der Waals surface area (Å²) in [5.74, 6) is -0.179. The highest BCUT2D eigenvalue weighted by Gasteiger charge is 2.17.